The molecule has 1 N–H and O–H groups in total. The molecule has 9 nitrogen and oxygen atoms in total. The van der Waals surface area contributed by atoms with Crippen LogP contribution in [-0.4, -0.2) is 49.6 Å². The lowest BCUT2D eigenvalue weighted by atomic mass is 10.1. The molecular weight excluding hydrogens is 360 g/mol. The maximum absolute atomic E-state index is 12.9. The summed E-state index contributed by atoms with van der Waals surface area (Å²) in [6.07, 6.45) is 3.18. The first-order valence-corrected chi connectivity index (χ1v) is 9.39. The van der Waals surface area contributed by atoms with E-state index < -0.39 is 22.0 Å². The fraction of sp³-hybridized carbons (Fsp3) is 0.438. The van der Waals surface area contributed by atoms with E-state index in [9.17, 15) is 13.2 Å². The zero-order valence-electron chi connectivity index (χ0n) is 15.0. The monoisotopic (exact) mass is 382 g/mol. The Morgan fingerprint density at radius 1 is 1.31 bits per heavy atom. The summed E-state index contributed by atoms with van der Waals surface area (Å²) in [5.74, 6) is -0.510. The fourth-order valence-electron chi connectivity index (χ4n) is 2.31. The van der Waals surface area contributed by atoms with Crippen LogP contribution in [0.3, 0.4) is 0 Å². The molecule has 1 heterocycles. The van der Waals surface area contributed by atoms with E-state index in [2.05, 4.69) is 19.8 Å². The quantitative estimate of drug-likeness (QED) is 0.680. The first-order valence-electron chi connectivity index (χ1n) is 7.91. The van der Waals surface area contributed by atoms with Crippen molar-refractivity contribution in [2.45, 2.75) is 31.3 Å². The lowest BCUT2D eigenvalue weighted by Gasteiger charge is -2.22. The number of esters is 1. The Bertz CT molecular complexity index is 850. The standard InChI is InChI=1S/C16H22N4O5S/c1-11(2)13(10-20-8-7-17-19-20)18-26(22,23)15-9-12(16(21)25-4)5-6-14(15)24-3/h5-9,11,13,18H,10H2,1-4H3/t13-/m1/s1. The highest BCUT2D eigenvalue weighted by Crippen LogP contribution is 2.26. The van der Waals surface area contributed by atoms with Crippen molar-refractivity contribution in [1.29, 1.82) is 0 Å². The van der Waals surface area contributed by atoms with Crippen molar-refractivity contribution in [3.8, 4) is 5.75 Å². The minimum atomic E-state index is -3.96. The summed E-state index contributed by atoms with van der Waals surface area (Å²) in [6.45, 7) is 4.11. The second kappa shape index (κ2) is 8.28. The van der Waals surface area contributed by atoms with Gasteiger partial charge in [0.15, 0.2) is 0 Å². The molecule has 0 saturated heterocycles. The Kier molecular flexibility index (Phi) is 6.32. The molecule has 26 heavy (non-hydrogen) atoms. The highest BCUT2D eigenvalue weighted by Gasteiger charge is 2.27. The zero-order chi connectivity index (χ0) is 19.3. The van der Waals surface area contributed by atoms with Gasteiger partial charge in [-0.25, -0.2) is 17.9 Å². The van der Waals surface area contributed by atoms with E-state index in [4.69, 9.17) is 4.74 Å². The number of aromatic nitrogens is 3. The van der Waals surface area contributed by atoms with E-state index in [0.717, 1.165) is 0 Å². The molecule has 1 atom stereocenters. The van der Waals surface area contributed by atoms with E-state index >= 15 is 0 Å². The van der Waals surface area contributed by atoms with Crippen LogP contribution in [0, 0.1) is 5.92 Å². The predicted octanol–water partition coefficient (Wildman–Crippen LogP) is 1.08. The molecule has 0 spiro atoms. The van der Waals surface area contributed by atoms with Crippen LogP contribution in [-0.2, 0) is 21.3 Å². The Labute approximate surface area is 152 Å². The van der Waals surface area contributed by atoms with Gasteiger partial charge in [0.05, 0.1) is 32.5 Å². The van der Waals surface area contributed by atoms with E-state index in [1.54, 1.807) is 10.9 Å². The van der Waals surface area contributed by atoms with Crippen molar-refractivity contribution >= 4 is 16.0 Å². The van der Waals surface area contributed by atoms with Crippen LogP contribution in [0.15, 0.2) is 35.5 Å². The second-order valence-corrected chi connectivity index (χ2v) is 7.64. The van der Waals surface area contributed by atoms with Crippen LogP contribution in [0.5, 0.6) is 5.75 Å². The van der Waals surface area contributed by atoms with Crippen molar-refractivity contribution in [3.05, 3.63) is 36.2 Å². The maximum atomic E-state index is 12.9. The molecule has 0 aliphatic heterocycles. The van der Waals surface area contributed by atoms with Gasteiger partial charge in [-0.2, -0.15) is 0 Å². The van der Waals surface area contributed by atoms with E-state index in [1.807, 2.05) is 13.8 Å². The molecule has 10 heteroatoms. The predicted molar refractivity (Wildman–Crippen MR) is 93.3 cm³/mol. The molecule has 0 radical (unpaired) electrons. The van der Waals surface area contributed by atoms with Crippen molar-refractivity contribution < 1.29 is 22.7 Å². The third-order valence-electron chi connectivity index (χ3n) is 3.84. The molecule has 0 saturated carbocycles. The van der Waals surface area contributed by atoms with E-state index in [0.29, 0.717) is 6.54 Å². The van der Waals surface area contributed by atoms with Gasteiger partial charge in [-0.1, -0.05) is 19.1 Å². The summed E-state index contributed by atoms with van der Waals surface area (Å²) in [7, 11) is -1.37. The van der Waals surface area contributed by atoms with Crippen molar-refractivity contribution in [3.63, 3.8) is 0 Å². The summed E-state index contributed by atoms with van der Waals surface area (Å²) in [4.78, 5) is 11.6. The minimum absolute atomic E-state index is 0.0104. The summed E-state index contributed by atoms with van der Waals surface area (Å²) < 4.78 is 39.9. The van der Waals surface area contributed by atoms with Gasteiger partial charge in [0, 0.05) is 12.2 Å². The largest absolute Gasteiger partial charge is 0.495 e. The number of hydrogen-bond donors (Lipinski definition) is 1. The lowest BCUT2D eigenvalue weighted by Crippen LogP contribution is -2.41. The molecule has 0 unspecified atom stereocenters. The van der Waals surface area contributed by atoms with Gasteiger partial charge < -0.3 is 9.47 Å². The number of nitrogens with zero attached hydrogens (tertiary/aromatic N) is 3. The molecule has 0 amide bonds. The average Bonchev–Trinajstić information content (AvgIpc) is 3.12. The molecule has 2 aromatic rings. The summed E-state index contributed by atoms with van der Waals surface area (Å²) in [5.41, 5.74) is 0.117. The van der Waals surface area contributed by atoms with Crippen LogP contribution in [0.2, 0.25) is 0 Å². The lowest BCUT2D eigenvalue weighted by molar-refractivity contribution is 0.0600. The Morgan fingerprint density at radius 2 is 2.04 bits per heavy atom. The van der Waals surface area contributed by atoms with Crippen LogP contribution in [0.25, 0.3) is 0 Å². The van der Waals surface area contributed by atoms with Gasteiger partial charge in [-0.05, 0) is 24.1 Å². The molecule has 0 aliphatic carbocycles. The number of sulfonamides is 1. The number of hydrogen-bond acceptors (Lipinski definition) is 7. The highest BCUT2D eigenvalue weighted by molar-refractivity contribution is 7.89. The molecule has 0 bridgehead atoms. The highest BCUT2D eigenvalue weighted by atomic mass is 32.2. The van der Waals surface area contributed by atoms with Gasteiger partial charge in [0.1, 0.15) is 10.6 Å². The van der Waals surface area contributed by atoms with Crippen molar-refractivity contribution in [2.75, 3.05) is 14.2 Å². The summed E-state index contributed by atoms with van der Waals surface area (Å²) >= 11 is 0. The molecule has 1 aromatic carbocycles. The van der Waals surface area contributed by atoms with Crippen LogP contribution >= 0.6 is 0 Å². The number of rotatable bonds is 8. The van der Waals surface area contributed by atoms with Crippen LogP contribution in [0.4, 0.5) is 0 Å². The van der Waals surface area contributed by atoms with Crippen LogP contribution in [0.1, 0.15) is 24.2 Å². The Balaban J connectivity index is 2.36. The molecule has 0 aliphatic rings. The van der Waals surface area contributed by atoms with Crippen molar-refractivity contribution in [1.82, 2.24) is 19.7 Å². The topological polar surface area (TPSA) is 112 Å². The summed E-state index contributed by atoms with van der Waals surface area (Å²) in [6, 6.07) is 3.66. The van der Waals surface area contributed by atoms with Gasteiger partial charge in [0.25, 0.3) is 0 Å². The van der Waals surface area contributed by atoms with Crippen LogP contribution < -0.4 is 9.46 Å². The van der Waals surface area contributed by atoms with Gasteiger partial charge >= 0.3 is 5.97 Å². The summed E-state index contributed by atoms with van der Waals surface area (Å²) in [5, 5.41) is 7.59. The number of methoxy groups -OCH3 is 2. The maximum Gasteiger partial charge on any atom is 0.337 e. The zero-order valence-corrected chi connectivity index (χ0v) is 15.9. The number of benzene rings is 1. The third-order valence-corrected chi connectivity index (χ3v) is 5.35. The normalized spacial score (nSPS) is 12.8. The molecule has 0 fully saturated rings. The molecule has 142 valence electrons. The van der Waals surface area contributed by atoms with Gasteiger partial charge in [-0.15, -0.1) is 5.10 Å². The second-order valence-electron chi connectivity index (χ2n) is 5.95. The van der Waals surface area contributed by atoms with E-state index in [1.165, 1.54) is 38.6 Å². The van der Waals surface area contributed by atoms with E-state index in [-0.39, 0.29) is 22.1 Å². The molecular formula is C16H22N4O5S. The number of ether oxygens (including phenoxy) is 2. The Hall–Kier alpha value is -2.46. The third kappa shape index (κ3) is 4.58. The fourth-order valence-corrected chi connectivity index (χ4v) is 3.88. The SMILES string of the molecule is COC(=O)c1ccc(OC)c(S(=O)(=O)N[C@H](Cn2ccnn2)C(C)C)c1. The minimum Gasteiger partial charge on any atom is -0.495 e. The smallest absolute Gasteiger partial charge is 0.337 e. The number of carbonyl (C=O) groups is 1. The van der Waals surface area contributed by atoms with Gasteiger partial charge in [-0.3, -0.25) is 4.68 Å². The molecule has 1 aromatic heterocycles. The number of carbonyl (C=O) groups excluding carboxylic acids is 1. The first kappa shape index (κ1) is 19.9. The average molecular weight is 382 g/mol. The van der Waals surface area contributed by atoms with Gasteiger partial charge in [0.2, 0.25) is 10.0 Å². The molecule has 2 rings (SSSR count). The first-order chi connectivity index (χ1) is 12.3. The van der Waals surface area contributed by atoms with Crippen molar-refractivity contribution in [2.24, 2.45) is 5.92 Å². The Morgan fingerprint density at radius 3 is 2.58 bits per heavy atom. The number of nitrogens with one attached hydrogen (secondary N) is 1.